The van der Waals surface area contributed by atoms with Gasteiger partial charge in [-0.15, -0.1) is 0 Å². The van der Waals surface area contributed by atoms with Crippen LogP contribution >= 0.6 is 27.5 Å². The monoisotopic (exact) mass is 275 g/mol. The highest BCUT2D eigenvalue weighted by Gasteiger charge is 2.20. The summed E-state index contributed by atoms with van der Waals surface area (Å²) in [7, 11) is 0. The van der Waals surface area contributed by atoms with Gasteiger partial charge < -0.3 is 4.90 Å². The van der Waals surface area contributed by atoms with E-state index < -0.39 is 0 Å². The molecule has 1 fully saturated rings. The fourth-order valence-corrected chi connectivity index (χ4v) is 3.07. The molecule has 1 aliphatic heterocycles. The van der Waals surface area contributed by atoms with Crippen LogP contribution in [-0.2, 0) is 6.42 Å². The molecule has 0 radical (unpaired) electrons. The number of halogens is 1. The molecule has 2 rings (SSSR count). The first-order chi connectivity index (χ1) is 6.79. The van der Waals surface area contributed by atoms with Crippen molar-refractivity contribution in [2.75, 3.05) is 18.0 Å². The number of nitrogens with zero attached hydrogens (tertiary/aromatic N) is 3. The minimum absolute atomic E-state index is 0.616. The quantitative estimate of drug-likeness (QED) is 0.777. The third-order valence-electron chi connectivity index (χ3n) is 2.41. The smallest absolute Gasteiger partial charge is 0.205 e. The zero-order valence-corrected chi connectivity index (χ0v) is 10.6. The van der Waals surface area contributed by atoms with E-state index in [2.05, 4.69) is 37.1 Å². The number of hydrogen-bond acceptors (Lipinski definition) is 4. The topological polar surface area (TPSA) is 29.0 Å². The van der Waals surface area contributed by atoms with Crippen molar-refractivity contribution in [3.8, 4) is 0 Å². The molecule has 0 aromatic carbocycles. The molecule has 0 saturated carbocycles. The van der Waals surface area contributed by atoms with Gasteiger partial charge in [0, 0.05) is 35.9 Å². The number of aromatic nitrogens is 2. The maximum Gasteiger partial charge on any atom is 0.205 e. The molecule has 0 aliphatic carbocycles. The second-order valence-electron chi connectivity index (χ2n) is 3.53. The summed E-state index contributed by atoms with van der Waals surface area (Å²) < 4.78 is 4.31. The predicted octanol–water partition coefficient (Wildman–Crippen LogP) is 2.46. The van der Waals surface area contributed by atoms with Crippen molar-refractivity contribution < 1.29 is 0 Å². The van der Waals surface area contributed by atoms with Crippen LogP contribution in [0.1, 0.15) is 25.6 Å². The fraction of sp³-hybridized carbons (Fsp3) is 0.778. The zero-order chi connectivity index (χ0) is 9.97. The number of alkyl halides is 1. The van der Waals surface area contributed by atoms with Crippen LogP contribution in [0.5, 0.6) is 0 Å². The average molecular weight is 276 g/mol. The summed E-state index contributed by atoms with van der Waals surface area (Å²) in [5.41, 5.74) is 0. The predicted molar refractivity (Wildman–Crippen MR) is 63.4 cm³/mol. The van der Waals surface area contributed by atoms with E-state index in [1.54, 1.807) is 0 Å². The highest BCUT2D eigenvalue weighted by Crippen LogP contribution is 2.24. The van der Waals surface area contributed by atoms with Gasteiger partial charge >= 0.3 is 0 Å². The van der Waals surface area contributed by atoms with Crippen molar-refractivity contribution in [2.45, 2.75) is 31.0 Å². The Morgan fingerprint density at radius 3 is 3.14 bits per heavy atom. The molecule has 14 heavy (non-hydrogen) atoms. The van der Waals surface area contributed by atoms with E-state index in [-0.39, 0.29) is 0 Å². The first-order valence-electron chi connectivity index (χ1n) is 5.01. The molecule has 1 atom stereocenters. The molecule has 1 aromatic rings. The van der Waals surface area contributed by atoms with Crippen LogP contribution in [0.15, 0.2) is 0 Å². The second-order valence-corrected chi connectivity index (χ2v) is 5.56. The Kier molecular flexibility index (Phi) is 3.38. The van der Waals surface area contributed by atoms with E-state index in [0.717, 1.165) is 30.5 Å². The summed E-state index contributed by atoms with van der Waals surface area (Å²) in [4.78, 5) is 7.45. The van der Waals surface area contributed by atoms with Gasteiger partial charge in [-0.2, -0.15) is 4.37 Å². The summed E-state index contributed by atoms with van der Waals surface area (Å²) in [6.45, 7) is 4.29. The Balaban J connectivity index is 2.06. The molecule has 3 nitrogen and oxygen atoms in total. The lowest BCUT2D eigenvalue weighted by Gasteiger charge is -2.29. The van der Waals surface area contributed by atoms with E-state index >= 15 is 0 Å². The van der Waals surface area contributed by atoms with Gasteiger partial charge in [-0.1, -0.05) is 22.9 Å². The van der Waals surface area contributed by atoms with Gasteiger partial charge in [0.2, 0.25) is 5.13 Å². The van der Waals surface area contributed by atoms with E-state index in [0.29, 0.717) is 4.83 Å². The highest BCUT2D eigenvalue weighted by molar-refractivity contribution is 9.09. The van der Waals surface area contributed by atoms with E-state index in [9.17, 15) is 0 Å². The van der Waals surface area contributed by atoms with Crippen LogP contribution in [0.2, 0.25) is 0 Å². The summed E-state index contributed by atoms with van der Waals surface area (Å²) in [6, 6.07) is 0. The molecule has 2 heterocycles. The van der Waals surface area contributed by atoms with Gasteiger partial charge in [-0.05, 0) is 12.8 Å². The van der Waals surface area contributed by atoms with Crippen LogP contribution in [-0.4, -0.2) is 27.3 Å². The van der Waals surface area contributed by atoms with Crippen LogP contribution in [0.3, 0.4) is 0 Å². The normalized spacial score (nSPS) is 22.7. The Labute approximate surface area is 96.8 Å². The van der Waals surface area contributed by atoms with Gasteiger partial charge in [0.05, 0.1) is 0 Å². The fourth-order valence-electron chi connectivity index (χ4n) is 1.62. The first kappa shape index (κ1) is 10.4. The lowest BCUT2D eigenvalue weighted by atomic mass is 10.1. The Morgan fingerprint density at radius 2 is 2.50 bits per heavy atom. The lowest BCUT2D eigenvalue weighted by Crippen LogP contribution is -2.35. The molecule has 0 spiro atoms. The number of aryl methyl sites for hydroxylation is 1. The van der Waals surface area contributed by atoms with Crippen molar-refractivity contribution in [3.05, 3.63) is 5.82 Å². The van der Waals surface area contributed by atoms with E-state index in [4.69, 9.17) is 0 Å². The van der Waals surface area contributed by atoms with Crippen LogP contribution in [0.4, 0.5) is 5.13 Å². The van der Waals surface area contributed by atoms with Gasteiger partial charge in [0.1, 0.15) is 5.82 Å². The van der Waals surface area contributed by atoms with Gasteiger partial charge in [0.15, 0.2) is 0 Å². The maximum atomic E-state index is 4.50. The summed E-state index contributed by atoms with van der Waals surface area (Å²) in [5, 5.41) is 1.09. The Hall–Kier alpha value is -0.160. The van der Waals surface area contributed by atoms with Crippen molar-refractivity contribution in [2.24, 2.45) is 0 Å². The van der Waals surface area contributed by atoms with Crippen molar-refractivity contribution >= 4 is 32.6 Å². The average Bonchev–Trinajstić information content (AvgIpc) is 2.66. The molecular weight excluding hydrogens is 262 g/mol. The third kappa shape index (κ3) is 2.25. The van der Waals surface area contributed by atoms with Crippen molar-refractivity contribution in [1.82, 2.24) is 9.36 Å². The second kappa shape index (κ2) is 4.57. The molecule has 0 amide bonds. The molecular formula is C9H14BrN3S. The molecule has 78 valence electrons. The number of hydrogen-bond donors (Lipinski definition) is 0. The van der Waals surface area contributed by atoms with E-state index in [1.165, 1.54) is 24.4 Å². The van der Waals surface area contributed by atoms with Crippen LogP contribution in [0, 0.1) is 0 Å². The van der Waals surface area contributed by atoms with Gasteiger partial charge in [-0.25, -0.2) is 4.98 Å². The number of piperidine rings is 1. The molecule has 0 N–H and O–H groups in total. The standard InChI is InChI=1S/C9H14BrN3S/c1-2-8-11-9(14-12-8)13-5-3-4-7(10)6-13/h7H,2-6H2,1H3. The summed E-state index contributed by atoms with van der Waals surface area (Å²) in [6.07, 6.45) is 3.45. The molecule has 1 aromatic heterocycles. The first-order valence-corrected chi connectivity index (χ1v) is 6.70. The number of anilines is 1. The van der Waals surface area contributed by atoms with Gasteiger partial charge in [-0.3, -0.25) is 0 Å². The lowest BCUT2D eigenvalue weighted by molar-refractivity contribution is 0.594. The zero-order valence-electron chi connectivity index (χ0n) is 8.24. The molecule has 1 unspecified atom stereocenters. The molecule has 0 bridgehead atoms. The summed E-state index contributed by atoms with van der Waals surface area (Å²) >= 11 is 5.19. The minimum atomic E-state index is 0.616. The van der Waals surface area contributed by atoms with E-state index in [1.807, 2.05) is 0 Å². The van der Waals surface area contributed by atoms with Gasteiger partial charge in [0.25, 0.3) is 0 Å². The Bertz CT molecular complexity index is 302. The minimum Gasteiger partial charge on any atom is -0.346 e. The highest BCUT2D eigenvalue weighted by atomic mass is 79.9. The van der Waals surface area contributed by atoms with Crippen LogP contribution in [0.25, 0.3) is 0 Å². The Morgan fingerprint density at radius 1 is 1.64 bits per heavy atom. The third-order valence-corrected chi connectivity index (χ3v) is 3.97. The van der Waals surface area contributed by atoms with Crippen molar-refractivity contribution in [1.29, 1.82) is 0 Å². The molecule has 1 saturated heterocycles. The SMILES string of the molecule is CCc1nsc(N2CCCC(Br)C2)n1. The van der Waals surface area contributed by atoms with Crippen LogP contribution < -0.4 is 4.90 Å². The largest absolute Gasteiger partial charge is 0.346 e. The molecule has 1 aliphatic rings. The maximum absolute atomic E-state index is 4.50. The molecule has 5 heteroatoms. The van der Waals surface area contributed by atoms with Crippen molar-refractivity contribution in [3.63, 3.8) is 0 Å². The number of rotatable bonds is 2. The summed E-state index contributed by atoms with van der Waals surface area (Å²) in [5.74, 6) is 0.974.